The zero-order valence-corrected chi connectivity index (χ0v) is 17.4. The summed E-state index contributed by atoms with van der Waals surface area (Å²) in [6.07, 6.45) is 0. The molecular weight excluding hydrogens is 370 g/mol. The van der Waals surface area contributed by atoms with Crippen molar-refractivity contribution in [2.24, 2.45) is 0 Å². The first-order valence-electron chi connectivity index (χ1n) is 10.1. The zero-order chi connectivity index (χ0) is 21.3. The molecule has 4 aromatic rings. The van der Waals surface area contributed by atoms with Gasteiger partial charge < -0.3 is 10.4 Å². The van der Waals surface area contributed by atoms with Crippen LogP contribution in [0.25, 0.3) is 21.9 Å². The number of phenols is 1. The molecule has 0 radical (unpaired) electrons. The van der Waals surface area contributed by atoms with Crippen LogP contribution in [0.15, 0.2) is 78.9 Å². The molecule has 0 saturated carbocycles. The van der Waals surface area contributed by atoms with Crippen LogP contribution in [0.5, 0.6) is 5.75 Å². The summed E-state index contributed by atoms with van der Waals surface area (Å²) in [5.74, 6) is 0.0282. The van der Waals surface area contributed by atoms with E-state index in [1.165, 1.54) is 0 Å². The van der Waals surface area contributed by atoms with Crippen molar-refractivity contribution in [3.05, 3.63) is 101 Å². The molecule has 0 bridgehead atoms. The number of aryl methyl sites for hydroxylation is 2. The van der Waals surface area contributed by atoms with E-state index in [0.29, 0.717) is 11.1 Å². The maximum atomic E-state index is 13.4. The van der Waals surface area contributed by atoms with Gasteiger partial charge in [-0.05, 0) is 60.4 Å². The predicted octanol–water partition coefficient (Wildman–Crippen LogP) is 6.32. The zero-order valence-electron chi connectivity index (χ0n) is 17.4. The Balaban J connectivity index is 1.87. The Labute approximate surface area is 177 Å². The lowest BCUT2D eigenvalue weighted by Crippen LogP contribution is -2.27. The number of hydrogen-bond acceptors (Lipinski definition) is 2. The second kappa shape index (κ2) is 8.03. The van der Waals surface area contributed by atoms with Crippen LogP contribution >= 0.6 is 0 Å². The second-order valence-corrected chi connectivity index (χ2v) is 7.79. The Kier molecular flexibility index (Phi) is 5.28. The van der Waals surface area contributed by atoms with Crippen LogP contribution in [0.2, 0.25) is 0 Å². The molecule has 2 N–H and O–H groups in total. The molecule has 0 aliphatic carbocycles. The summed E-state index contributed by atoms with van der Waals surface area (Å²) in [6, 6.07) is 25.3. The molecule has 0 aromatic heterocycles. The smallest absolute Gasteiger partial charge is 0.252 e. The highest BCUT2D eigenvalue weighted by atomic mass is 16.3. The topological polar surface area (TPSA) is 49.3 Å². The van der Waals surface area contributed by atoms with Crippen molar-refractivity contribution >= 4 is 16.7 Å². The number of carbonyl (C=O) groups excluding carboxylic acids is 1. The minimum absolute atomic E-state index is 0.134. The van der Waals surface area contributed by atoms with E-state index in [2.05, 4.69) is 5.32 Å². The number of nitrogens with one attached hydrogen (secondary N) is 1. The monoisotopic (exact) mass is 395 g/mol. The molecular formula is C27H25NO2. The van der Waals surface area contributed by atoms with Crippen molar-refractivity contribution in [3.63, 3.8) is 0 Å². The highest BCUT2D eigenvalue weighted by Crippen LogP contribution is 2.40. The Morgan fingerprint density at radius 1 is 0.867 bits per heavy atom. The molecule has 30 heavy (non-hydrogen) atoms. The molecule has 1 unspecified atom stereocenters. The van der Waals surface area contributed by atoms with Crippen molar-refractivity contribution in [1.29, 1.82) is 0 Å². The van der Waals surface area contributed by atoms with Crippen LogP contribution in [-0.2, 0) is 0 Å². The van der Waals surface area contributed by atoms with Gasteiger partial charge in [-0.25, -0.2) is 0 Å². The van der Waals surface area contributed by atoms with Crippen LogP contribution in [0.4, 0.5) is 0 Å². The van der Waals surface area contributed by atoms with Crippen molar-refractivity contribution < 1.29 is 9.90 Å². The van der Waals surface area contributed by atoms with E-state index in [9.17, 15) is 9.90 Å². The number of aromatic hydroxyl groups is 1. The van der Waals surface area contributed by atoms with Gasteiger partial charge in [-0.3, -0.25) is 4.79 Å². The molecule has 0 fully saturated rings. The normalized spacial score (nSPS) is 12.0. The number of amides is 1. The van der Waals surface area contributed by atoms with Crippen LogP contribution in [0, 0.1) is 13.8 Å². The first-order chi connectivity index (χ1) is 14.5. The molecule has 0 spiro atoms. The van der Waals surface area contributed by atoms with Crippen LogP contribution in [0.1, 0.15) is 40.0 Å². The largest absolute Gasteiger partial charge is 0.507 e. The number of carbonyl (C=O) groups is 1. The molecule has 150 valence electrons. The lowest BCUT2D eigenvalue weighted by atomic mass is 9.89. The molecule has 0 aliphatic rings. The molecule has 0 saturated heterocycles. The van der Waals surface area contributed by atoms with Gasteiger partial charge in [-0.15, -0.1) is 0 Å². The Hall–Kier alpha value is -3.59. The Morgan fingerprint density at radius 2 is 1.57 bits per heavy atom. The van der Waals surface area contributed by atoms with E-state index < -0.39 is 0 Å². The van der Waals surface area contributed by atoms with Gasteiger partial charge >= 0.3 is 0 Å². The fraction of sp³-hybridized carbons (Fsp3) is 0.148. The van der Waals surface area contributed by atoms with E-state index in [1.54, 1.807) is 6.07 Å². The molecule has 1 atom stereocenters. The summed E-state index contributed by atoms with van der Waals surface area (Å²) in [5.41, 5.74) is 4.99. The molecule has 0 aliphatic heterocycles. The number of fused-ring (bicyclic) bond motifs is 1. The molecule has 4 aromatic carbocycles. The average Bonchev–Trinajstić information content (AvgIpc) is 2.73. The van der Waals surface area contributed by atoms with Gasteiger partial charge in [0.2, 0.25) is 0 Å². The van der Waals surface area contributed by atoms with Gasteiger partial charge in [0.1, 0.15) is 5.75 Å². The van der Waals surface area contributed by atoms with Gasteiger partial charge in [0.25, 0.3) is 5.91 Å². The number of phenolic OH excluding ortho intramolecular Hbond substituents is 1. The summed E-state index contributed by atoms with van der Waals surface area (Å²) in [7, 11) is 0. The summed E-state index contributed by atoms with van der Waals surface area (Å²) in [6.45, 7) is 5.90. The summed E-state index contributed by atoms with van der Waals surface area (Å²) < 4.78 is 0. The summed E-state index contributed by atoms with van der Waals surface area (Å²) >= 11 is 0. The van der Waals surface area contributed by atoms with E-state index >= 15 is 0 Å². The summed E-state index contributed by atoms with van der Waals surface area (Å²) in [5, 5.41) is 15.9. The van der Waals surface area contributed by atoms with Crippen LogP contribution in [-0.4, -0.2) is 11.0 Å². The third-order valence-electron chi connectivity index (χ3n) is 5.53. The molecule has 3 heteroatoms. The molecule has 1 amide bonds. The fourth-order valence-corrected chi connectivity index (χ4v) is 4.10. The van der Waals surface area contributed by atoms with Crippen molar-refractivity contribution in [1.82, 2.24) is 5.32 Å². The minimum Gasteiger partial charge on any atom is -0.507 e. The number of hydrogen-bond donors (Lipinski definition) is 2. The van der Waals surface area contributed by atoms with Crippen LogP contribution in [0.3, 0.4) is 0 Å². The average molecular weight is 396 g/mol. The Bertz CT molecular complexity index is 1210. The third-order valence-corrected chi connectivity index (χ3v) is 5.53. The van der Waals surface area contributed by atoms with E-state index in [-0.39, 0.29) is 17.7 Å². The molecule has 4 rings (SSSR count). The van der Waals surface area contributed by atoms with Crippen molar-refractivity contribution in [3.8, 4) is 16.9 Å². The Morgan fingerprint density at radius 3 is 2.30 bits per heavy atom. The number of benzene rings is 4. The number of rotatable bonds is 4. The predicted molar refractivity (Wildman–Crippen MR) is 123 cm³/mol. The maximum Gasteiger partial charge on any atom is 0.252 e. The first-order valence-corrected chi connectivity index (χ1v) is 10.1. The lowest BCUT2D eigenvalue weighted by Gasteiger charge is -2.19. The molecule has 0 heterocycles. The first kappa shape index (κ1) is 19.7. The highest BCUT2D eigenvalue weighted by molar-refractivity contribution is 6.11. The van der Waals surface area contributed by atoms with Gasteiger partial charge in [0, 0.05) is 16.7 Å². The third kappa shape index (κ3) is 3.67. The van der Waals surface area contributed by atoms with E-state index in [1.807, 2.05) is 93.6 Å². The van der Waals surface area contributed by atoms with Crippen molar-refractivity contribution in [2.45, 2.75) is 26.8 Å². The SMILES string of the molecule is Cc1cc(C)c(-c2c(C(=O)NC(C)c3ccccc3)ccc3ccccc23)c(O)c1. The molecule has 3 nitrogen and oxygen atoms in total. The van der Waals surface area contributed by atoms with E-state index in [4.69, 9.17) is 0 Å². The summed E-state index contributed by atoms with van der Waals surface area (Å²) in [4.78, 5) is 13.4. The second-order valence-electron chi connectivity index (χ2n) is 7.79. The highest BCUT2D eigenvalue weighted by Gasteiger charge is 2.21. The van der Waals surface area contributed by atoms with Gasteiger partial charge in [-0.2, -0.15) is 0 Å². The maximum absolute atomic E-state index is 13.4. The van der Waals surface area contributed by atoms with Gasteiger partial charge in [-0.1, -0.05) is 66.7 Å². The van der Waals surface area contributed by atoms with Crippen molar-refractivity contribution in [2.75, 3.05) is 0 Å². The quantitative estimate of drug-likeness (QED) is 0.425. The van der Waals surface area contributed by atoms with Gasteiger partial charge in [0.05, 0.1) is 6.04 Å². The van der Waals surface area contributed by atoms with Crippen LogP contribution < -0.4 is 5.32 Å². The lowest BCUT2D eigenvalue weighted by molar-refractivity contribution is 0.0940. The van der Waals surface area contributed by atoms with E-state index in [0.717, 1.165) is 33.0 Å². The van der Waals surface area contributed by atoms with Gasteiger partial charge in [0.15, 0.2) is 0 Å². The standard InChI is InChI=1S/C27H25NO2/c1-17-15-18(2)25(24(29)16-17)26-22-12-8-7-11-21(22)13-14-23(26)27(30)28-19(3)20-9-5-4-6-10-20/h4-16,19,29H,1-3H3,(H,28,30). The fourth-order valence-electron chi connectivity index (χ4n) is 4.10. The minimum atomic E-state index is -0.161.